The maximum absolute atomic E-state index is 15.1. The molecular weight excluding hydrogens is 446 g/mol. The van der Waals surface area contributed by atoms with E-state index in [-0.39, 0.29) is 22.3 Å². The Balaban J connectivity index is 1.55. The molecule has 1 saturated heterocycles. The summed E-state index contributed by atoms with van der Waals surface area (Å²) in [5, 5.41) is 7.86. The Labute approximate surface area is 193 Å². The number of fused-ring (bicyclic) bond motifs is 1. The van der Waals surface area contributed by atoms with Crippen LogP contribution in [0.15, 0.2) is 24.4 Å². The number of hydrogen-bond donors (Lipinski definition) is 4. The van der Waals surface area contributed by atoms with Crippen LogP contribution in [-0.2, 0) is 0 Å². The third-order valence-corrected chi connectivity index (χ3v) is 7.46. The predicted molar refractivity (Wildman–Crippen MR) is 131 cm³/mol. The molecule has 0 saturated carbocycles. The Kier molecular flexibility index (Phi) is 7.34. The molecule has 2 aromatic heterocycles. The first-order valence-corrected chi connectivity index (χ1v) is 12.6. The van der Waals surface area contributed by atoms with Gasteiger partial charge in [0.15, 0.2) is 11.5 Å². The van der Waals surface area contributed by atoms with Crippen molar-refractivity contribution in [1.29, 1.82) is 0 Å². The van der Waals surface area contributed by atoms with Crippen molar-refractivity contribution in [3.8, 4) is 0 Å². The average molecular weight is 475 g/mol. The van der Waals surface area contributed by atoms with Crippen LogP contribution in [0.25, 0.3) is 11.2 Å². The Morgan fingerprint density at radius 2 is 2.21 bits per heavy atom. The van der Waals surface area contributed by atoms with Gasteiger partial charge < -0.3 is 20.3 Å². The van der Waals surface area contributed by atoms with Gasteiger partial charge in [-0.2, -0.15) is 0 Å². The van der Waals surface area contributed by atoms with E-state index in [4.69, 9.17) is 0 Å². The van der Waals surface area contributed by atoms with Gasteiger partial charge in [-0.05, 0) is 56.3 Å². The zero-order chi connectivity index (χ0) is 23.4. The van der Waals surface area contributed by atoms with E-state index in [0.717, 1.165) is 50.0 Å². The van der Waals surface area contributed by atoms with Gasteiger partial charge in [-0.25, -0.2) is 18.7 Å². The van der Waals surface area contributed by atoms with Crippen molar-refractivity contribution < 1.29 is 13.6 Å². The van der Waals surface area contributed by atoms with Crippen molar-refractivity contribution in [3.63, 3.8) is 0 Å². The van der Waals surface area contributed by atoms with Crippen LogP contribution in [0, 0.1) is 11.6 Å². The van der Waals surface area contributed by atoms with E-state index in [2.05, 4.69) is 30.3 Å². The van der Waals surface area contributed by atoms with Gasteiger partial charge in [0.2, 0.25) is 0 Å². The fraction of sp³-hybridized carbons (Fsp3) is 0.391. The molecular formula is C23H28F2N6OS. The van der Waals surface area contributed by atoms with Gasteiger partial charge in [-0.1, -0.05) is 6.92 Å². The van der Waals surface area contributed by atoms with Crippen LogP contribution in [0.1, 0.15) is 55.2 Å². The van der Waals surface area contributed by atoms with E-state index in [1.54, 1.807) is 6.07 Å². The molecule has 176 valence electrons. The Morgan fingerprint density at radius 3 is 2.94 bits per heavy atom. The molecule has 10 heteroatoms. The molecule has 1 aliphatic rings. The van der Waals surface area contributed by atoms with Gasteiger partial charge in [0, 0.05) is 18.2 Å². The van der Waals surface area contributed by atoms with E-state index in [1.807, 2.05) is 19.2 Å². The lowest BCUT2D eigenvalue weighted by molar-refractivity contribution is 0.101. The van der Waals surface area contributed by atoms with Crippen molar-refractivity contribution in [1.82, 2.24) is 20.3 Å². The molecule has 1 aliphatic heterocycles. The molecule has 3 heterocycles. The summed E-state index contributed by atoms with van der Waals surface area (Å²) < 4.78 is 32.6. The van der Waals surface area contributed by atoms with Crippen LogP contribution < -0.4 is 15.4 Å². The smallest absolute Gasteiger partial charge is 0.261 e. The number of nitrogens with one attached hydrogen (secondary N) is 4. The van der Waals surface area contributed by atoms with Gasteiger partial charge in [-0.15, -0.1) is 10.7 Å². The highest BCUT2D eigenvalue weighted by molar-refractivity contribution is 8.16. The first-order chi connectivity index (χ1) is 16.0. The summed E-state index contributed by atoms with van der Waals surface area (Å²) in [6.07, 6.45) is 4.47. The Hall–Kier alpha value is -2.85. The van der Waals surface area contributed by atoms with Crippen molar-refractivity contribution in [3.05, 3.63) is 47.4 Å². The minimum absolute atomic E-state index is 0.101. The minimum Gasteiger partial charge on any atom is -0.340 e. The number of anilines is 2. The molecule has 7 nitrogen and oxygen atoms in total. The zero-order valence-corrected chi connectivity index (χ0v) is 19.5. The molecule has 2 atom stereocenters. The van der Waals surface area contributed by atoms with Crippen molar-refractivity contribution >= 4 is 44.5 Å². The van der Waals surface area contributed by atoms with E-state index in [0.29, 0.717) is 16.9 Å². The summed E-state index contributed by atoms with van der Waals surface area (Å²) in [4.78, 5) is 24.9. The number of piperidine rings is 1. The van der Waals surface area contributed by atoms with Crippen LogP contribution in [0.5, 0.6) is 0 Å². The van der Waals surface area contributed by atoms with Gasteiger partial charge in [0.05, 0.1) is 23.1 Å². The first kappa shape index (κ1) is 23.3. The predicted octanol–water partition coefficient (Wildman–Crippen LogP) is 4.78. The number of aromatic amines is 1. The number of amides is 1. The fourth-order valence-corrected chi connectivity index (χ4v) is 5.22. The SMILES string of the molecule is C/C=S(\CCC)Nc1ccc(F)c(C(=O)Nc2cnc3nc(C4CCCNC4)[nH]c3c2)c1F. The standard InChI is InChI=1S/C23H28F2N6OS/c1-3-10-33(4-2)31-17-8-7-16(24)19(20(17)25)23(32)28-15-11-18-22(27-13-15)30-21(29-18)14-6-5-9-26-12-14/h4,7-8,11,13-14,26,31H,3,5-6,9-10,12H2,1-2H3,(H,28,32)(H,27,29,30). The maximum Gasteiger partial charge on any atom is 0.261 e. The topological polar surface area (TPSA) is 94.7 Å². The second-order valence-corrected chi connectivity index (χ2v) is 9.91. The largest absolute Gasteiger partial charge is 0.340 e. The highest BCUT2D eigenvalue weighted by Crippen LogP contribution is 2.28. The molecule has 0 bridgehead atoms. The van der Waals surface area contributed by atoms with Gasteiger partial charge in [-0.3, -0.25) is 4.79 Å². The van der Waals surface area contributed by atoms with Crippen LogP contribution in [0.4, 0.5) is 20.2 Å². The lowest BCUT2D eigenvalue weighted by Crippen LogP contribution is -2.28. The molecule has 0 aliphatic carbocycles. The van der Waals surface area contributed by atoms with Gasteiger partial charge >= 0.3 is 0 Å². The highest BCUT2D eigenvalue weighted by Gasteiger charge is 2.22. The number of carbonyl (C=O) groups excluding carboxylic acids is 1. The fourth-order valence-electron chi connectivity index (χ4n) is 3.89. The van der Waals surface area contributed by atoms with E-state index in [1.165, 1.54) is 12.3 Å². The van der Waals surface area contributed by atoms with E-state index >= 15 is 4.39 Å². The number of H-pyrrole nitrogens is 1. The number of halogens is 2. The molecule has 4 N–H and O–H groups in total. The molecule has 3 aromatic rings. The third kappa shape index (κ3) is 5.22. The molecule has 0 spiro atoms. The van der Waals surface area contributed by atoms with Crippen molar-refractivity contribution in [2.45, 2.75) is 39.0 Å². The number of carbonyl (C=O) groups is 1. The summed E-state index contributed by atoms with van der Waals surface area (Å²) in [6.45, 7) is 5.77. The quantitative estimate of drug-likeness (QED) is 0.370. The first-order valence-electron chi connectivity index (χ1n) is 11.1. The van der Waals surface area contributed by atoms with Crippen LogP contribution in [-0.4, -0.2) is 45.1 Å². The Bertz CT molecular complexity index is 1190. The van der Waals surface area contributed by atoms with Gasteiger partial charge in [0.1, 0.15) is 17.2 Å². The normalized spacial score (nSPS) is 17.3. The summed E-state index contributed by atoms with van der Waals surface area (Å²) in [5.41, 5.74) is 0.996. The maximum atomic E-state index is 15.1. The van der Waals surface area contributed by atoms with Crippen molar-refractivity contribution in [2.75, 3.05) is 28.9 Å². The lowest BCUT2D eigenvalue weighted by atomic mass is 9.99. The number of pyridine rings is 1. The summed E-state index contributed by atoms with van der Waals surface area (Å²) in [7, 11) is -0.369. The monoisotopic (exact) mass is 474 g/mol. The summed E-state index contributed by atoms with van der Waals surface area (Å²) >= 11 is 0. The van der Waals surface area contributed by atoms with Crippen molar-refractivity contribution in [2.24, 2.45) is 0 Å². The zero-order valence-electron chi connectivity index (χ0n) is 18.7. The molecule has 2 unspecified atom stereocenters. The Morgan fingerprint density at radius 1 is 1.36 bits per heavy atom. The minimum atomic E-state index is -0.922. The third-order valence-electron chi connectivity index (χ3n) is 5.56. The number of hydrogen-bond acceptors (Lipinski definition) is 5. The number of benzene rings is 1. The molecule has 0 radical (unpaired) electrons. The molecule has 1 fully saturated rings. The molecule has 1 aromatic carbocycles. The van der Waals surface area contributed by atoms with Crippen LogP contribution >= 0.6 is 10.7 Å². The van der Waals surface area contributed by atoms with Crippen LogP contribution in [0.2, 0.25) is 0 Å². The van der Waals surface area contributed by atoms with Crippen LogP contribution in [0.3, 0.4) is 0 Å². The molecule has 33 heavy (non-hydrogen) atoms. The lowest BCUT2D eigenvalue weighted by Gasteiger charge is -2.20. The summed E-state index contributed by atoms with van der Waals surface area (Å²) in [5.74, 6) is -0.758. The van der Waals surface area contributed by atoms with Gasteiger partial charge in [0.25, 0.3) is 5.91 Å². The van der Waals surface area contributed by atoms with E-state index < -0.39 is 23.1 Å². The number of rotatable bonds is 7. The second-order valence-electron chi connectivity index (χ2n) is 7.97. The average Bonchev–Trinajstić information content (AvgIpc) is 3.24. The highest BCUT2D eigenvalue weighted by atomic mass is 32.2. The second kappa shape index (κ2) is 10.4. The molecule has 1 amide bonds. The number of aromatic nitrogens is 3. The number of nitrogens with zero attached hydrogens (tertiary/aromatic N) is 2. The van der Waals surface area contributed by atoms with E-state index in [9.17, 15) is 9.18 Å². The summed E-state index contributed by atoms with van der Waals surface area (Å²) in [6, 6.07) is 4.10. The molecule has 4 rings (SSSR count). The number of imidazole rings is 1.